The van der Waals surface area contributed by atoms with E-state index in [2.05, 4.69) is 55.0 Å². The maximum absolute atomic E-state index is 5.78. The molecule has 1 aliphatic carbocycles. The fourth-order valence-corrected chi connectivity index (χ4v) is 4.42. The summed E-state index contributed by atoms with van der Waals surface area (Å²) in [5.74, 6) is 1.05. The van der Waals surface area contributed by atoms with E-state index < -0.39 is 0 Å². The normalized spacial score (nSPS) is 18.8. The average molecular weight is 354 g/mol. The summed E-state index contributed by atoms with van der Waals surface area (Å²) in [5, 5.41) is 3.75. The van der Waals surface area contributed by atoms with E-state index >= 15 is 0 Å². The zero-order valence-corrected chi connectivity index (χ0v) is 15.6. The van der Waals surface area contributed by atoms with Crippen molar-refractivity contribution in [2.75, 3.05) is 13.7 Å². The number of nitrogens with one attached hydrogen (secondary N) is 1. The van der Waals surface area contributed by atoms with Crippen molar-refractivity contribution in [3.05, 3.63) is 27.2 Å². The SMILES string of the molecule is CCNC(c1c(C)c(Br)cc(C)c1OC)C1(C)CCCC1. The molecular formula is C18H28BrNO. The minimum atomic E-state index is 0.321. The molecule has 1 fully saturated rings. The molecule has 0 aliphatic heterocycles. The lowest BCUT2D eigenvalue weighted by Crippen LogP contribution is -2.35. The van der Waals surface area contributed by atoms with Crippen molar-refractivity contribution >= 4 is 15.9 Å². The molecule has 0 aromatic heterocycles. The molecule has 1 saturated carbocycles. The highest BCUT2D eigenvalue weighted by atomic mass is 79.9. The van der Waals surface area contributed by atoms with E-state index in [-0.39, 0.29) is 0 Å². The lowest BCUT2D eigenvalue weighted by Gasteiger charge is -2.37. The van der Waals surface area contributed by atoms with Crippen LogP contribution in [-0.2, 0) is 0 Å². The highest BCUT2D eigenvalue weighted by molar-refractivity contribution is 9.10. The summed E-state index contributed by atoms with van der Waals surface area (Å²) in [7, 11) is 1.79. The molecule has 2 rings (SSSR count). The van der Waals surface area contributed by atoms with Gasteiger partial charge in [-0.25, -0.2) is 0 Å². The van der Waals surface area contributed by atoms with E-state index in [4.69, 9.17) is 4.74 Å². The van der Waals surface area contributed by atoms with Crippen molar-refractivity contribution in [3.8, 4) is 5.75 Å². The summed E-state index contributed by atoms with van der Waals surface area (Å²) in [6, 6.07) is 2.52. The van der Waals surface area contributed by atoms with Crippen LogP contribution in [0.15, 0.2) is 10.5 Å². The molecule has 1 N–H and O–H groups in total. The fraction of sp³-hybridized carbons (Fsp3) is 0.667. The zero-order valence-electron chi connectivity index (χ0n) is 14.0. The number of aryl methyl sites for hydroxylation is 1. The standard InChI is InChI=1S/C18H28BrNO/c1-6-20-17(18(4)9-7-8-10-18)15-13(3)14(19)11-12(2)16(15)21-5/h11,17,20H,6-10H2,1-5H3. The van der Waals surface area contributed by atoms with Gasteiger partial charge in [-0.05, 0) is 55.8 Å². The van der Waals surface area contributed by atoms with Crippen LogP contribution >= 0.6 is 15.9 Å². The first-order valence-corrected chi connectivity index (χ1v) is 8.81. The Morgan fingerprint density at radius 3 is 2.48 bits per heavy atom. The first-order chi connectivity index (χ1) is 9.94. The van der Waals surface area contributed by atoms with Crippen LogP contribution in [0.5, 0.6) is 5.75 Å². The number of methoxy groups -OCH3 is 1. The molecule has 1 aliphatic rings. The molecule has 1 unspecified atom stereocenters. The van der Waals surface area contributed by atoms with Crippen molar-refractivity contribution in [3.63, 3.8) is 0 Å². The predicted molar refractivity (Wildman–Crippen MR) is 93.2 cm³/mol. The van der Waals surface area contributed by atoms with Gasteiger partial charge in [0.05, 0.1) is 7.11 Å². The molecule has 21 heavy (non-hydrogen) atoms. The third-order valence-corrected chi connectivity index (χ3v) is 5.88. The molecule has 0 spiro atoms. The van der Waals surface area contributed by atoms with Gasteiger partial charge in [0.2, 0.25) is 0 Å². The van der Waals surface area contributed by atoms with Crippen molar-refractivity contribution in [1.29, 1.82) is 0 Å². The first kappa shape index (κ1) is 16.8. The molecule has 0 saturated heterocycles. The predicted octanol–water partition coefficient (Wildman–Crippen LogP) is 5.31. The van der Waals surface area contributed by atoms with Crippen LogP contribution in [0, 0.1) is 19.3 Å². The van der Waals surface area contributed by atoms with Gasteiger partial charge < -0.3 is 10.1 Å². The summed E-state index contributed by atoms with van der Waals surface area (Å²) in [6.45, 7) is 9.94. The van der Waals surface area contributed by atoms with Crippen LogP contribution in [0.3, 0.4) is 0 Å². The zero-order chi connectivity index (χ0) is 15.6. The molecular weight excluding hydrogens is 326 g/mol. The molecule has 3 heteroatoms. The third-order valence-electron chi connectivity index (χ3n) is 5.05. The molecule has 2 nitrogen and oxygen atoms in total. The van der Waals surface area contributed by atoms with Gasteiger partial charge in [-0.15, -0.1) is 0 Å². The van der Waals surface area contributed by atoms with Crippen molar-refractivity contribution in [2.45, 2.75) is 59.4 Å². The lowest BCUT2D eigenvalue weighted by atomic mass is 9.75. The highest BCUT2D eigenvalue weighted by Crippen LogP contribution is 2.51. The molecule has 1 atom stereocenters. The maximum atomic E-state index is 5.78. The van der Waals surface area contributed by atoms with Crippen molar-refractivity contribution in [2.24, 2.45) is 5.41 Å². The average Bonchev–Trinajstić information content (AvgIpc) is 2.88. The van der Waals surface area contributed by atoms with E-state index in [0.29, 0.717) is 11.5 Å². The number of benzene rings is 1. The molecule has 0 heterocycles. The lowest BCUT2D eigenvalue weighted by molar-refractivity contribution is 0.220. The van der Waals surface area contributed by atoms with E-state index in [1.54, 1.807) is 7.11 Å². The number of halogens is 1. The number of ether oxygens (including phenoxy) is 1. The molecule has 118 valence electrons. The molecule has 0 amide bonds. The Hall–Kier alpha value is -0.540. The van der Waals surface area contributed by atoms with Crippen LogP contribution in [0.25, 0.3) is 0 Å². The smallest absolute Gasteiger partial charge is 0.126 e. The minimum Gasteiger partial charge on any atom is -0.496 e. The minimum absolute atomic E-state index is 0.321. The van der Waals surface area contributed by atoms with E-state index in [1.807, 2.05) is 0 Å². The largest absolute Gasteiger partial charge is 0.496 e. The Balaban J connectivity index is 2.59. The van der Waals surface area contributed by atoms with Gasteiger partial charge in [0.15, 0.2) is 0 Å². The number of rotatable bonds is 5. The summed E-state index contributed by atoms with van der Waals surface area (Å²) >= 11 is 3.72. The second-order valence-corrected chi connectivity index (χ2v) is 7.45. The quantitative estimate of drug-likeness (QED) is 0.774. The van der Waals surface area contributed by atoms with Gasteiger partial charge >= 0.3 is 0 Å². The van der Waals surface area contributed by atoms with Gasteiger partial charge in [-0.2, -0.15) is 0 Å². The Bertz CT molecular complexity index is 506. The number of hydrogen-bond acceptors (Lipinski definition) is 2. The van der Waals surface area contributed by atoms with E-state index in [1.165, 1.54) is 46.8 Å². The molecule has 1 aromatic rings. The fourth-order valence-electron chi connectivity index (χ4n) is 3.87. The highest BCUT2D eigenvalue weighted by Gasteiger charge is 2.39. The van der Waals surface area contributed by atoms with Crippen LogP contribution in [-0.4, -0.2) is 13.7 Å². The number of hydrogen-bond donors (Lipinski definition) is 1. The summed E-state index contributed by atoms with van der Waals surface area (Å²) < 4.78 is 6.96. The summed E-state index contributed by atoms with van der Waals surface area (Å²) in [5.41, 5.74) is 4.17. The van der Waals surface area contributed by atoms with Crippen LogP contribution in [0.4, 0.5) is 0 Å². The van der Waals surface area contributed by atoms with Crippen LogP contribution < -0.4 is 10.1 Å². The summed E-state index contributed by atoms with van der Waals surface area (Å²) in [6.07, 6.45) is 5.26. The molecule has 0 radical (unpaired) electrons. The van der Waals surface area contributed by atoms with Crippen molar-refractivity contribution in [1.82, 2.24) is 5.32 Å². The van der Waals surface area contributed by atoms with Crippen LogP contribution in [0.2, 0.25) is 0 Å². The van der Waals surface area contributed by atoms with Crippen LogP contribution in [0.1, 0.15) is 62.3 Å². The van der Waals surface area contributed by atoms with Gasteiger partial charge in [-0.3, -0.25) is 0 Å². The third kappa shape index (κ3) is 3.14. The Labute approximate surface area is 137 Å². The first-order valence-electron chi connectivity index (χ1n) is 8.01. The van der Waals surface area contributed by atoms with E-state index in [9.17, 15) is 0 Å². The Kier molecular flexibility index (Phi) is 5.37. The Morgan fingerprint density at radius 2 is 1.95 bits per heavy atom. The van der Waals surface area contributed by atoms with Crippen molar-refractivity contribution < 1.29 is 4.74 Å². The van der Waals surface area contributed by atoms with Gasteiger partial charge in [0.25, 0.3) is 0 Å². The Morgan fingerprint density at radius 1 is 1.33 bits per heavy atom. The monoisotopic (exact) mass is 353 g/mol. The van der Waals surface area contributed by atoms with Gasteiger partial charge in [0.1, 0.15) is 5.75 Å². The molecule has 0 bridgehead atoms. The maximum Gasteiger partial charge on any atom is 0.126 e. The molecule has 1 aromatic carbocycles. The van der Waals surface area contributed by atoms with E-state index in [0.717, 1.165) is 12.3 Å². The second-order valence-electron chi connectivity index (χ2n) is 6.60. The van der Waals surface area contributed by atoms with Gasteiger partial charge in [0, 0.05) is 16.1 Å². The second kappa shape index (κ2) is 6.70. The summed E-state index contributed by atoms with van der Waals surface area (Å²) in [4.78, 5) is 0. The topological polar surface area (TPSA) is 21.3 Å². The van der Waals surface area contributed by atoms with Gasteiger partial charge in [-0.1, -0.05) is 42.6 Å².